The smallest absolute Gasteiger partial charge is 0.326 e. The molecule has 0 aromatic heterocycles. The summed E-state index contributed by atoms with van der Waals surface area (Å²) in [4.78, 5) is 33.4. The molecule has 0 fully saturated rings. The van der Waals surface area contributed by atoms with Crippen molar-refractivity contribution in [1.29, 1.82) is 0 Å². The van der Waals surface area contributed by atoms with Crippen LogP contribution in [0.1, 0.15) is 12.8 Å². The van der Waals surface area contributed by atoms with E-state index in [1.54, 1.807) is 18.2 Å². The fourth-order valence-electron chi connectivity index (χ4n) is 1.46. The maximum absolute atomic E-state index is 11.8. The molecule has 1 rings (SSSR count). The molecular weight excluding hydrogens is 366 g/mol. The van der Waals surface area contributed by atoms with E-state index < -0.39 is 23.9 Å². The van der Waals surface area contributed by atoms with Crippen molar-refractivity contribution >= 4 is 51.1 Å². The van der Waals surface area contributed by atoms with E-state index in [1.165, 1.54) is 0 Å². The molecule has 0 aliphatic heterocycles. The highest BCUT2D eigenvalue weighted by Crippen LogP contribution is 2.29. The van der Waals surface area contributed by atoms with E-state index in [2.05, 4.69) is 26.6 Å². The molecular formula is C12H13BrClN3O4. The van der Waals surface area contributed by atoms with Crippen molar-refractivity contribution in [1.82, 2.24) is 5.32 Å². The van der Waals surface area contributed by atoms with Crippen molar-refractivity contribution in [3.63, 3.8) is 0 Å². The Morgan fingerprint density at radius 1 is 1.38 bits per heavy atom. The molecule has 1 unspecified atom stereocenters. The van der Waals surface area contributed by atoms with E-state index in [4.69, 9.17) is 22.4 Å². The van der Waals surface area contributed by atoms with Gasteiger partial charge in [0.1, 0.15) is 6.04 Å². The number of carbonyl (C=O) groups excluding carboxylic acids is 2. The lowest BCUT2D eigenvalue weighted by atomic mass is 10.1. The molecule has 5 N–H and O–H groups in total. The quantitative estimate of drug-likeness (QED) is 0.604. The summed E-state index contributed by atoms with van der Waals surface area (Å²) in [6, 6.07) is 2.91. The SMILES string of the molecule is NC(=O)CCC(NC(=O)Nc1cccc(Cl)c1Br)C(=O)O. The maximum Gasteiger partial charge on any atom is 0.326 e. The van der Waals surface area contributed by atoms with Gasteiger partial charge in [-0.2, -0.15) is 0 Å². The van der Waals surface area contributed by atoms with E-state index in [-0.39, 0.29) is 12.8 Å². The zero-order chi connectivity index (χ0) is 16.0. The minimum absolute atomic E-state index is 0.0885. The van der Waals surface area contributed by atoms with Gasteiger partial charge in [0, 0.05) is 6.42 Å². The Hall–Kier alpha value is -1.80. The Balaban J connectivity index is 2.67. The molecule has 0 bridgehead atoms. The number of nitrogens with two attached hydrogens (primary N) is 1. The minimum Gasteiger partial charge on any atom is -0.480 e. The molecule has 0 heterocycles. The van der Waals surface area contributed by atoms with Gasteiger partial charge in [0.25, 0.3) is 0 Å². The van der Waals surface area contributed by atoms with E-state index in [1.807, 2.05) is 0 Å². The van der Waals surface area contributed by atoms with Gasteiger partial charge in [-0.1, -0.05) is 17.7 Å². The molecule has 1 aromatic carbocycles. The van der Waals surface area contributed by atoms with Crippen LogP contribution >= 0.6 is 27.5 Å². The largest absolute Gasteiger partial charge is 0.480 e. The number of urea groups is 1. The van der Waals surface area contributed by atoms with Crippen molar-refractivity contribution in [3.8, 4) is 0 Å². The van der Waals surface area contributed by atoms with Crippen LogP contribution in [0.2, 0.25) is 5.02 Å². The van der Waals surface area contributed by atoms with E-state index >= 15 is 0 Å². The number of anilines is 1. The summed E-state index contributed by atoms with van der Waals surface area (Å²) in [5, 5.41) is 14.1. The highest BCUT2D eigenvalue weighted by molar-refractivity contribution is 9.10. The fourth-order valence-corrected chi connectivity index (χ4v) is 2.00. The van der Waals surface area contributed by atoms with Crippen molar-refractivity contribution in [3.05, 3.63) is 27.7 Å². The summed E-state index contributed by atoms with van der Waals surface area (Å²) >= 11 is 9.08. The highest BCUT2D eigenvalue weighted by Gasteiger charge is 2.21. The van der Waals surface area contributed by atoms with Crippen LogP contribution in [-0.2, 0) is 9.59 Å². The number of halogens is 2. The lowest BCUT2D eigenvalue weighted by Gasteiger charge is -2.15. The molecule has 21 heavy (non-hydrogen) atoms. The van der Waals surface area contributed by atoms with Crippen molar-refractivity contribution in [2.75, 3.05) is 5.32 Å². The number of aliphatic carboxylic acids is 1. The maximum atomic E-state index is 11.8. The van der Waals surface area contributed by atoms with Crippen molar-refractivity contribution in [2.24, 2.45) is 5.73 Å². The number of carbonyl (C=O) groups is 3. The van der Waals surface area contributed by atoms with Crippen LogP contribution in [0.25, 0.3) is 0 Å². The van der Waals surface area contributed by atoms with Crippen LogP contribution in [-0.4, -0.2) is 29.1 Å². The molecule has 114 valence electrons. The van der Waals surface area contributed by atoms with Crippen molar-refractivity contribution < 1.29 is 19.5 Å². The third kappa shape index (κ3) is 5.60. The first-order valence-corrected chi connectivity index (χ1v) is 7.01. The Kier molecular flexibility index (Phi) is 6.44. The Morgan fingerprint density at radius 2 is 2.05 bits per heavy atom. The van der Waals surface area contributed by atoms with Gasteiger partial charge in [0.2, 0.25) is 5.91 Å². The minimum atomic E-state index is -1.25. The molecule has 0 saturated heterocycles. The molecule has 1 aromatic rings. The molecule has 0 spiro atoms. The number of amides is 3. The van der Waals surface area contributed by atoms with Crippen molar-refractivity contribution in [2.45, 2.75) is 18.9 Å². The van der Waals surface area contributed by atoms with Gasteiger partial charge in [-0.3, -0.25) is 4.79 Å². The lowest BCUT2D eigenvalue weighted by Crippen LogP contribution is -2.43. The molecule has 0 radical (unpaired) electrons. The molecule has 0 saturated carbocycles. The predicted octanol–water partition coefficient (Wildman–Crippen LogP) is 1.94. The molecule has 7 nitrogen and oxygen atoms in total. The average molecular weight is 379 g/mol. The summed E-state index contributed by atoms with van der Waals surface area (Å²) in [6.45, 7) is 0. The first kappa shape index (κ1) is 17.3. The first-order valence-electron chi connectivity index (χ1n) is 5.84. The molecule has 9 heteroatoms. The second-order valence-electron chi connectivity index (χ2n) is 4.10. The topological polar surface area (TPSA) is 122 Å². The Bertz CT molecular complexity index is 567. The predicted molar refractivity (Wildman–Crippen MR) is 81.2 cm³/mol. The highest BCUT2D eigenvalue weighted by atomic mass is 79.9. The normalized spacial score (nSPS) is 11.5. The number of carboxylic acid groups (broad SMARTS) is 1. The van der Waals surface area contributed by atoms with Gasteiger partial charge in [-0.15, -0.1) is 0 Å². The van der Waals surface area contributed by atoms with Gasteiger partial charge >= 0.3 is 12.0 Å². The average Bonchev–Trinajstić information content (AvgIpc) is 2.39. The third-order valence-electron chi connectivity index (χ3n) is 2.48. The van der Waals surface area contributed by atoms with Crippen LogP contribution in [0.3, 0.4) is 0 Å². The third-order valence-corrected chi connectivity index (χ3v) is 3.88. The molecule has 0 aliphatic carbocycles. The summed E-state index contributed by atoms with van der Waals surface area (Å²) in [5.74, 6) is -1.89. The number of carboxylic acids is 1. The Labute approximate surface area is 134 Å². The van der Waals surface area contributed by atoms with Gasteiger partial charge < -0.3 is 21.5 Å². The number of nitrogens with one attached hydrogen (secondary N) is 2. The van der Waals surface area contributed by atoms with Crippen LogP contribution in [0.5, 0.6) is 0 Å². The van der Waals surface area contributed by atoms with Gasteiger partial charge in [0.05, 0.1) is 15.2 Å². The Morgan fingerprint density at radius 3 is 2.62 bits per heavy atom. The van der Waals surface area contributed by atoms with Crippen LogP contribution in [0, 0.1) is 0 Å². The first-order chi connectivity index (χ1) is 9.81. The van der Waals surface area contributed by atoms with E-state index in [0.717, 1.165) is 0 Å². The summed E-state index contributed by atoms with van der Waals surface area (Å²) in [6.07, 6.45) is -0.229. The van der Waals surface area contributed by atoms with Crippen LogP contribution in [0.15, 0.2) is 22.7 Å². The standard InChI is InChI=1S/C12H13BrClN3O4/c13-10-6(14)2-1-3-7(10)16-12(21)17-8(11(19)20)4-5-9(15)18/h1-3,8H,4-5H2,(H2,15,18)(H,19,20)(H2,16,17,21). The zero-order valence-corrected chi connectivity index (χ0v) is 13.1. The molecule has 3 amide bonds. The number of rotatable bonds is 6. The summed E-state index contributed by atoms with van der Waals surface area (Å²) < 4.78 is 0.478. The van der Waals surface area contributed by atoms with Crippen LogP contribution in [0.4, 0.5) is 10.5 Å². The van der Waals surface area contributed by atoms with E-state index in [9.17, 15) is 14.4 Å². The fraction of sp³-hybridized carbons (Fsp3) is 0.250. The lowest BCUT2D eigenvalue weighted by molar-refractivity contribution is -0.139. The second kappa shape index (κ2) is 7.84. The number of benzene rings is 1. The molecule has 1 atom stereocenters. The number of hydrogen-bond donors (Lipinski definition) is 4. The van der Waals surface area contributed by atoms with Gasteiger partial charge in [-0.05, 0) is 34.5 Å². The van der Waals surface area contributed by atoms with Gasteiger partial charge in [-0.25, -0.2) is 9.59 Å². The zero-order valence-electron chi connectivity index (χ0n) is 10.7. The second-order valence-corrected chi connectivity index (χ2v) is 5.30. The van der Waals surface area contributed by atoms with Crippen LogP contribution < -0.4 is 16.4 Å². The number of hydrogen-bond acceptors (Lipinski definition) is 3. The van der Waals surface area contributed by atoms with E-state index in [0.29, 0.717) is 15.2 Å². The number of primary amides is 1. The summed E-state index contributed by atoms with van der Waals surface area (Å²) in [5.41, 5.74) is 5.34. The molecule has 0 aliphatic rings. The summed E-state index contributed by atoms with van der Waals surface area (Å²) in [7, 11) is 0. The monoisotopic (exact) mass is 377 g/mol. The van der Waals surface area contributed by atoms with Gasteiger partial charge in [0.15, 0.2) is 0 Å².